The van der Waals surface area contributed by atoms with Crippen molar-refractivity contribution in [2.24, 2.45) is 5.92 Å². The van der Waals surface area contributed by atoms with Crippen LogP contribution in [0.5, 0.6) is 0 Å². The van der Waals surface area contributed by atoms with Crippen LogP contribution in [0.1, 0.15) is 26.2 Å². The molecule has 0 aromatic carbocycles. The second-order valence-corrected chi connectivity index (χ2v) is 3.12. The molecule has 1 saturated carbocycles. The molecule has 2 nitrogen and oxygen atoms in total. The fraction of sp³-hybridized carbons (Fsp3) is 1.00. The zero-order chi connectivity index (χ0) is 6.85. The second kappa shape index (κ2) is 2.67. The lowest BCUT2D eigenvalue weighted by Crippen LogP contribution is -2.28. The molecule has 0 aromatic heterocycles. The lowest BCUT2D eigenvalue weighted by atomic mass is 9.87. The predicted octanol–water partition coefficient (Wildman–Crippen LogP) is 0.528. The molecule has 0 aliphatic heterocycles. The molecule has 9 heavy (non-hydrogen) atoms. The lowest BCUT2D eigenvalue weighted by Gasteiger charge is -2.26. The maximum atomic E-state index is 9.09. The average Bonchev–Trinajstić information content (AvgIpc) is 1.59. The Bertz CT molecular complexity index is 67.9. The van der Waals surface area contributed by atoms with Gasteiger partial charge in [-0.2, -0.15) is 0 Å². The Morgan fingerprint density at radius 2 is 1.44 bits per heavy atom. The van der Waals surface area contributed by atoms with Crippen molar-refractivity contribution in [3.63, 3.8) is 0 Å². The second-order valence-electron chi connectivity index (χ2n) is 3.12. The van der Waals surface area contributed by atoms with E-state index in [1.807, 2.05) is 0 Å². The van der Waals surface area contributed by atoms with Gasteiger partial charge in [0.1, 0.15) is 0 Å². The van der Waals surface area contributed by atoms with Crippen molar-refractivity contribution >= 4 is 0 Å². The number of aliphatic hydroxyl groups is 2. The van der Waals surface area contributed by atoms with Crippen molar-refractivity contribution in [2.75, 3.05) is 0 Å². The fourth-order valence-corrected chi connectivity index (χ4v) is 1.53. The summed E-state index contributed by atoms with van der Waals surface area (Å²) >= 11 is 0. The van der Waals surface area contributed by atoms with Crippen molar-refractivity contribution < 1.29 is 10.2 Å². The molecule has 1 fully saturated rings. The standard InChI is InChI=1S/C7H14O2/c1-5-2-6(8)4-7(9)3-5/h5-9H,2-4H2,1H3/t6-,7-/m1/s1. The maximum absolute atomic E-state index is 9.09. The third kappa shape index (κ3) is 1.95. The van der Waals surface area contributed by atoms with E-state index in [2.05, 4.69) is 6.92 Å². The van der Waals surface area contributed by atoms with Gasteiger partial charge in [0, 0.05) is 0 Å². The maximum Gasteiger partial charge on any atom is 0.0567 e. The summed E-state index contributed by atoms with van der Waals surface area (Å²) in [7, 11) is 0. The highest BCUT2D eigenvalue weighted by molar-refractivity contribution is 4.74. The molecular formula is C7H14O2. The summed E-state index contributed by atoms with van der Waals surface area (Å²) in [6.45, 7) is 2.06. The predicted molar refractivity (Wildman–Crippen MR) is 35.0 cm³/mol. The minimum atomic E-state index is -0.260. The van der Waals surface area contributed by atoms with Gasteiger partial charge in [0.05, 0.1) is 12.2 Å². The van der Waals surface area contributed by atoms with Crippen LogP contribution in [-0.2, 0) is 0 Å². The van der Waals surface area contributed by atoms with Gasteiger partial charge in [-0.25, -0.2) is 0 Å². The van der Waals surface area contributed by atoms with Gasteiger partial charge in [0.25, 0.3) is 0 Å². The van der Waals surface area contributed by atoms with E-state index in [-0.39, 0.29) is 12.2 Å². The van der Waals surface area contributed by atoms with Gasteiger partial charge in [-0.05, 0) is 25.2 Å². The van der Waals surface area contributed by atoms with E-state index in [9.17, 15) is 0 Å². The Hall–Kier alpha value is -0.0800. The molecule has 54 valence electrons. The van der Waals surface area contributed by atoms with Crippen LogP contribution in [0.4, 0.5) is 0 Å². The van der Waals surface area contributed by atoms with Crippen molar-refractivity contribution in [3.05, 3.63) is 0 Å². The van der Waals surface area contributed by atoms with E-state index in [1.54, 1.807) is 0 Å². The van der Waals surface area contributed by atoms with Gasteiger partial charge in [-0.15, -0.1) is 0 Å². The first kappa shape index (κ1) is 7.03. The Kier molecular flexibility index (Phi) is 2.09. The molecule has 0 aromatic rings. The zero-order valence-corrected chi connectivity index (χ0v) is 5.75. The van der Waals surface area contributed by atoms with Gasteiger partial charge < -0.3 is 10.2 Å². The summed E-state index contributed by atoms with van der Waals surface area (Å²) in [4.78, 5) is 0. The zero-order valence-electron chi connectivity index (χ0n) is 5.75. The van der Waals surface area contributed by atoms with Crippen LogP contribution in [-0.4, -0.2) is 22.4 Å². The Labute approximate surface area is 55.5 Å². The van der Waals surface area contributed by atoms with Crippen molar-refractivity contribution in [1.82, 2.24) is 0 Å². The number of hydrogen-bond acceptors (Lipinski definition) is 2. The molecule has 2 atom stereocenters. The monoisotopic (exact) mass is 130 g/mol. The smallest absolute Gasteiger partial charge is 0.0567 e. The number of aliphatic hydroxyl groups excluding tert-OH is 2. The summed E-state index contributed by atoms with van der Waals surface area (Å²) in [5.41, 5.74) is 0. The van der Waals surface area contributed by atoms with Gasteiger partial charge in [0.15, 0.2) is 0 Å². The van der Waals surface area contributed by atoms with Crippen LogP contribution in [0.15, 0.2) is 0 Å². The van der Waals surface area contributed by atoms with E-state index in [4.69, 9.17) is 10.2 Å². The molecule has 0 amide bonds. The fourth-order valence-electron chi connectivity index (χ4n) is 1.53. The summed E-state index contributed by atoms with van der Waals surface area (Å²) in [6.07, 6.45) is 1.77. The molecular weight excluding hydrogens is 116 g/mol. The molecule has 0 heterocycles. The minimum absolute atomic E-state index is 0.260. The summed E-state index contributed by atoms with van der Waals surface area (Å²) in [5.74, 6) is 0.490. The van der Waals surface area contributed by atoms with Crippen LogP contribution >= 0.6 is 0 Å². The molecule has 0 spiro atoms. The van der Waals surface area contributed by atoms with E-state index in [0.29, 0.717) is 12.3 Å². The molecule has 0 saturated heterocycles. The SMILES string of the molecule is CC1C[C@@H](O)C[C@H](O)C1. The Morgan fingerprint density at radius 3 is 1.78 bits per heavy atom. The first-order valence-electron chi connectivity index (χ1n) is 3.54. The summed E-state index contributed by atoms with van der Waals surface area (Å²) in [6, 6.07) is 0. The molecule has 2 heteroatoms. The van der Waals surface area contributed by atoms with E-state index < -0.39 is 0 Å². The van der Waals surface area contributed by atoms with Crippen LogP contribution in [0.3, 0.4) is 0 Å². The lowest BCUT2D eigenvalue weighted by molar-refractivity contribution is 0.0186. The van der Waals surface area contributed by atoms with Crippen LogP contribution in [0.2, 0.25) is 0 Å². The first-order chi connectivity index (χ1) is 4.18. The van der Waals surface area contributed by atoms with Gasteiger partial charge in [-0.3, -0.25) is 0 Å². The molecule has 0 radical (unpaired) electrons. The summed E-state index contributed by atoms with van der Waals surface area (Å²) in [5, 5.41) is 18.2. The quantitative estimate of drug-likeness (QED) is 0.502. The van der Waals surface area contributed by atoms with Crippen LogP contribution in [0.25, 0.3) is 0 Å². The van der Waals surface area contributed by atoms with Crippen LogP contribution < -0.4 is 0 Å². The average molecular weight is 130 g/mol. The normalized spacial score (nSPS) is 45.0. The van der Waals surface area contributed by atoms with Crippen molar-refractivity contribution in [1.29, 1.82) is 0 Å². The molecule has 2 N–H and O–H groups in total. The largest absolute Gasteiger partial charge is 0.393 e. The van der Waals surface area contributed by atoms with Crippen molar-refractivity contribution in [2.45, 2.75) is 38.4 Å². The molecule has 1 rings (SSSR count). The van der Waals surface area contributed by atoms with Crippen LogP contribution in [0, 0.1) is 5.92 Å². The van der Waals surface area contributed by atoms with E-state index >= 15 is 0 Å². The van der Waals surface area contributed by atoms with E-state index in [0.717, 1.165) is 12.8 Å². The minimum Gasteiger partial charge on any atom is -0.393 e. The highest BCUT2D eigenvalue weighted by Crippen LogP contribution is 2.23. The van der Waals surface area contributed by atoms with Gasteiger partial charge in [0.2, 0.25) is 0 Å². The Morgan fingerprint density at radius 1 is 1.00 bits per heavy atom. The summed E-state index contributed by atoms with van der Waals surface area (Å²) < 4.78 is 0. The van der Waals surface area contributed by atoms with Gasteiger partial charge >= 0.3 is 0 Å². The van der Waals surface area contributed by atoms with Crippen molar-refractivity contribution in [3.8, 4) is 0 Å². The molecule has 0 unspecified atom stereocenters. The highest BCUT2D eigenvalue weighted by Gasteiger charge is 2.22. The first-order valence-corrected chi connectivity index (χ1v) is 3.54. The molecule has 0 bridgehead atoms. The van der Waals surface area contributed by atoms with Gasteiger partial charge in [-0.1, -0.05) is 6.92 Å². The number of hydrogen-bond donors (Lipinski definition) is 2. The third-order valence-corrected chi connectivity index (χ3v) is 1.89. The number of rotatable bonds is 0. The topological polar surface area (TPSA) is 40.5 Å². The Balaban J connectivity index is 2.34. The van der Waals surface area contributed by atoms with E-state index in [1.165, 1.54) is 0 Å². The third-order valence-electron chi connectivity index (χ3n) is 1.89. The highest BCUT2D eigenvalue weighted by atomic mass is 16.3. The molecule has 1 aliphatic rings. The molecule has 1 aliphatic carbocycles.